The van der Waals surface area contributed by atoms with E-state index in [0.29, 0.717) is 18.9 Å². The van der Waals surface area contributed by atoms with Crippen molar-refractivity contribution in [2.24, 2.45) is 0 Å². The number of rotatable bonds is 3. The Hall–Kier alpha value is -1.79. The maximum absolute atomic E-state index is 12.3. The van der Waals surface area contributed by atoms with Crippen LogP contribution < -0.4 is 10.2 Å². The Bertz CT molecular complexity index is 635. The third-order valence-electron chi connectivity index (χ3n) is 3.40. The zero-order valence-electron chi connectivity index (χ0n) is 11.4. The molecule has 0 bridgehead atoms. The van der Waals surface area contributed by atoms with Gasteiger partial charge in [-0.2, -0.15) is 0 Å². The summed E-state index contributed by atoms with van der Waals surface area (Å²) in [7, 11) is 0. The van der Waals surface area contributed by atoms with Gasteiger partial charge in [0.2, 0.25) is 0 Å². The zero-order valence-corrected chi connectivity index (χ0v) is 13.0. The number of carbonyl (C=O) groups excluding carboxylic acids is 1. The van der Waals surface area contributed by atoms with E-state index in [1.807, 2.05) is 24.3 Å². The predicted octanol–water partition coefficient (Wildman–Crippen LogP) is 2.87. The molecule has 0 radical (unpaired) electrons. The molecule has 110 valence electrons. The quantitative estimate of drug-likeness (QED) is 0.895. The summed E-state index contributed by atoms with van der Waals surface area (Å²) in [6.45, 7) is 3.10. The lowest BCUT2D eigenvalue weighted by molar-refractivity contribution is 0.102. The van der Waals surface area contributed by atoms with Crippen molar-refractivity contribution >= 4 is 33.2 Å². The van der Waals surface area contributed by atoms with E-state index in [1.54, 1.807) is 12.3 Å². The highest BCUT2D eigenvalue weighted by Gasteiger charge is 2.16. The van der Waals surface area contributed by atoms with E-state index in [2.05, 4.69) is 31.1 Å². The molecule has 2 heterocycles. The highest BCUT2D eigenvalue weighted by Crippen LogP contribution is 2.26. The summed E-state index contributed by atoms with van der Waals surface area (Å²) in [6.07, 6.45) is 1.74. The maximum Gasteiger partial charge on any atom is 0.272 e. The summed E-state index contributed by atoms with van der Waals surface area (Å²) in [6, 6.07) is 9.59. The predicted molar refractivity (Wildman–Crippen MR) is 85.9 cm³/mol. The van der Waals surface area contributed by atoms with E-state index in [9.17, 15) is 4.79 Å². The van der Waals surface area contributed by atoms with E-state index >= 15 is 0 Å². The van der Waals surface area contributed by atoms with Crippen molar-refractivity contribution in [3.8, 4) is 0 Å². The fourth-order valence-electron chi connectivity index (χ4n) is 2.35. The summed E-state index contributed by atoms with van der Waals surface area (Å²) in [5.74, 6) is -0.151. The number of hydrogen-bond acceptors (Lipinski definition) is 3. The van der Waals surface area contributed by atoms with Gasteiger partial charge in [0.05, 0.1) is 24.6 Å². The van der Waals surface area contributed by atoms with Crippen LogP contribution in [0.1, 0.15) is 10.5 Å². The Morgan fingerprint density at radius 2 is 2.05 bits per heavy atom. The number of ether oxygens (including phenoxy) is 1. The van der Waals surface area contributed by atoms with Crippen LogP contribution in [0.25, 0.3) is 0 Å². The van der Waals surface area contributed by atoms with Crippen LogP contribution in [-0.4, -0.2) is 37.2 Å². The summed E-state index contributed by atoms with van der Waals surface area (Å²) < 4.78 is 6.23. The molecule has 21 heavy (non-hydrogen) atoms. The third kappa shape index (κ3) is 3.28. The van der Waals surface area contributed by atoms with Crippen molar-refractivity contribution in [2.75, 3.05) is 36.5 Å². The molecule has 0 spiro atoms. The normalized spacial score (nSPS) is 15.0. The number of carbonyl (C=O) groups is 1. The van der Waals surface area contributed by atoms with Crippen molar-refractivity contribution < 1.29 is 9.53 Å². The van der Waals surface area contributed by atoms with Gasteiger partial charge in [-0.1, -0.05) is 12.1 Å². The van der Waals surface area contributed by atoms with Crippen LogP contribution in [0.5, 0.6) is 0 Å². The van der Waals surface area contributed by atoms with Gasteiger partial charge in [0.1, 0.15) is 5.69 Å². The second kappa shape index (κ2) is 6.32. The number of H-pyrrole nitrogens is 1. The molecule has 3 rings (SSSR count). The Morgan fingerprint density at radius 3 is 2.76 bits per heavy atom. The standard InChI is InChI=1S/C15H16BrN3O2/c16-11-9-13(17-10-11)15(20)18-12-3-1-2-4-14(12)19-5-7-21-8-6-19/h1-4,9-10,17H,5-8H2,(H,18,20). The average Bonchev–Trinajstić information content (AvgIpc) is 2.95. The van der Waals surface area contributed by atoms with Crippen LogP contribution in [0, 0.1) is 0 Å². The molecule has 0 aliphatic carbocycles. The summed E-state index contributed by atoms with van der Waals surface area (Å²) in [5.41, 5.74) is 2.37. The number of halogens is 1. The van der Waals surface area contributed by atoms with Gasteiger partial charge in [-0.25, -0.2) is 0 Å². The molecular weight excluding hydrogens is 334 g/mol. The van der Waals surface area contributed by atoms with Crippen molar-refractivity contribution in [1.82, 2.24) is 4.98 Å². The minimum absolute atomic E-state index is 0.151. The van der Waals surface area contributed by atoms with E-state index in [1.165, 1.54) is 0 Å². The highest BCUT2D eigenvalue weighted by atomic mass is 79.9. The molecule has 1 aromatic carbocycles. The number of aromatic amines is 1. The highest BCUT2D eigenvalue weighted by molar-refractivity contribution is 9.10. The Morgan fingerprint density at radius 1 is 1.29 bits per heavy atom. The first kappa shape index (κ1) is 14.2. The first-order valence-corrected chi connectivity index (χ1v) is 7.60. The number of para-hydroxylation sites is 2. The maximum atomic E-state index is 12.3. The van der Waals surface area contributed by atoms with Gasteiger partial charge in [0.25, 0.3) is 5.91 Å². The second-order valence-corrected chi connectivity index (χ2v) is 5.72. The van der Waals surface area contributed by atoms with E-state index in [-0.39, 0.29) is 5.91 Å². The van der Waals surface area contributed by atoms with Crippen LogP contribution in [-0.2, 0) is 4.74 Å². The molecule has 1 fully saturated rings. The van der Waals surface area contributed by atoms with Crippen LogP contribution in [0.3, 0.4) is 0 Å². The first-order valence-electron chi connectivity index (χ1n) is 6.81. The lowest BCUT2D eigenvalue weighted by Crippen LogP contribution is -2.36. The number of morpholine rings is 1. The molecule has 1 aliphatic rings. The number of hydrogen-bond donors (Lipinski definition) is 2. The minimum Gasteiger partial charge on any atom is -0.378 e. The second-order valence-electron chi connectivity index (χ2n) is 4.80. The molecule has 2 N–H and O–H groups in total. The number of aromatic nitrogens is 1. The number of anilines is 2. The lowest BCUT2D eigenvalue weighted by atomic mass is 10.2. The number of amides is 1. The van der Waals surface area contributed by atoms with Crippen molar-refractivity contribution in [2.45, 2.75) is 0 Å². The lowest BCUT2D eigenvalue weighted by Gasteiger charge is -2.30. The monoisotopic (exact) mass is 349 g/mol. The molecular formula is C15H16BrN3O2. The van der Waals surface area contributed by atoms with Gasteiger partial charge in [-0.05, 0) is 34.1 Å². The number of nitrogens with zero attached hydrogens (tertiary/aromatic N) is 1. The Kier molecular flexibility index (Phi) is 4.26. The topological polar surface area (TPSA) is 57.4 Å². The van der Waals surface area contributed by atoms with Crippen molar-refractivity contribution in [3.63, 3.8) is 0 Å². The van der Waals surface area contributed by atoms with Gasteiger partial charge in [-0.3, -0.25) is 4.79 Å². The molecule has 6 heteroatoms. The van der Waals surface area contributed by atoms with Crippen LogP contribution in [0.15, 0.2) is 41.0 Å². The smallest absolute Gasteiger partial charge is 0.272 e. The molecule has 1 saturated heterocycles. The molecule has 2 aromatic rings. The molecule has 1 aliphatic heterocycles. The summed E-state index contributed by atoms with van der Waals surface area (Å²) in [4.78, 5) is 17.4. The zero-order chi connectivity index (χ0) is 14.7. The number of nitrogens with one attached hydrogen (secondary N) is 2. The van der Waals surface area contributed by atoms with Crippen LogP contribution >= 0.6 is 15.9 Å². The van der Waals surface area contributed by atoms with E-state index in [0.717, 1.165) is 28.9 Å². The van der Waals surface area contributed by atoms with Gasteiger partial charge in [0.15, 0.2) is 0 Å². The summed E-state index contributed by atoms with van der Waals surface area (Å²) >= 11 is 3.33. The van der Waals surface area contributed by atoms with Gasteiger partial charge >= 0.3 is 0 Å². The van der Waals surface area contributed by atoms with Crippen molar-refractivity contribution in [3.05, 3.63) is 46.7 Å². The fraction of sp³-hybridized carbons (Fsp3) is 0.267. The SMILES string of the molecule is O=C(Nc1ccccc1N1CCOCC1)c1cc(Br)c[nH]1. The van der Waals surface area contributed by atoms with Gasteiger partial charge < -0.3 is 19.9 Å². The Labute approximate surface area is 131 Å². The molecule has 0 atom stereocenters. The molecule has 5 nitrogen and oxygen atoms in total. The molecule has 0 saturated carbocycles. The fourth-order valence-corrected chi connectivity index (χ4v) is 2.69. The molecule has 0 unspecified atom stereocenters. The molecule has 1 amide bonds. The van der Waals surface area contributed by atoms with E-state index < -0.39 is 0 Å². The average molecular weight is 350 g/mol. The third-order valence-corrected chi connectivity index (χ3v) is 3.85. The minimum atomic E-state index is -0.151. The van der Waals surface area contributed by atoms with Crippen LogP contribution in [0.4, 0.5) is 11.4 Å². The molecule has 1 aromatic heterocycles. The first-order chi connectivity index (χ1) is 10.2. The van der Waals surface area contributed by atoms with E-state index in [4.69, 9.17) is 4.74 Å². The van der Waals surface area contributed by atoms with Crippen molar-refractivity contribution in [1.29, 1.82) is 0 Å². The van der Waals surface area contributed by atoms with Crippen LogP contribution in [0.2, 0.25) is 0 Å². The Balaban J connectivity index is 1.80. The largest absolute Gasteiger partial charge is 0.378 e. The van der Waals surface area contributed by atoms with Gasteiger partial charge in [0, 0.05) is 23.8 Å². The number of benzene rings is 1. The summed E-state index contributed by atoms with van der Waals surface area (Å²) in [5, 5.41) is 2.96. The van der Waals surface area contributed by atoms with Gasteiger partial charge in [-0.15, -0.1) is 0 Å².